The molecule has 144 valence electrons. The molecular formula is C22H21Cl2N3O. The van der Waals surface area contributed by atoms with Crippen LogP contribution in [0, 0.1) is 6.92 Å². The monoisotopic (exact) mass is 413 g/mol. The average Bonchev–Trinajstić information content (AvgIpc) is 2.98. The highest BCUT2D eigenvalue weighted by molar-refractivity contribution is 6.36. The van der Waals surface area contributed by atoms with Gasteiger partial charge in [-0.1, -0.05) is 54.4 Å². The number of benzene rings is 2. The molecule has 3 aromatic rings. The molecule has 0 amide bonds. The van der Waals surface area contributed by atoms with Crippen LogP contribution in [-0.4, -0.2) is 21.2 Å². The van der Waals surface area contributed by atoms with Gasteiger partial charge in [0.1, 0.15) is 5.82 Å². The summed E-state index contributed by atoms with van der Waals surface area (Å²) in [5, 5.41) is 15.1. The van der Waals surface area contributed by atoms with Gasteiger partial charge in [0.2, 0.25) is 0 Å². The molecule has 2 aromatic carbocycles. The van der Waals surface area contributed by atoms with Gasteiger partial charge >= 0.3 is 0 Å². The standard InChI is InChI=1S/C22H21Cl2N3O/c1-3-18-20(16-9-8-14(23)11-17(16)24)25-12(2)22(26-18)27-21-15-7-5-4-6-13(15)10-19(21)28/h4-9,11,19,21,28H,3,10H2,1-2H3,(H,26,27)/t19-,21?/m0/s1. The maximum Gasteiger partial charge on any atom is 0.148 e. The van der Waals surface area contributed by atoms with Crippen LogP contribution in [0.3, 0.4) is 0 Å². The first-order chi connectivity index (χ1) is 13.5. The molecule has 6 heteroatoms. The maximum absolute atomic E-state index is 10.5. The summed E-state index contributed by atoms with van der Waals surface area (Å²) < 4.78 is 0. The third-order valence-corrected chi connectivity index (χ3v) is 5.71. The van der Waals surface area contributed by atoms with Crippen LogP contribution in [-0.2, 0) is 12.8 Å². The van der Waals surface area contributed by atoms with Crippen LogP contribution in [0.1, 0.15) is 35.5 Å². The maximum atomic E-state index is 10.5. The lowest BCUT2D eigenvalue weighted by atomic mass is 10.1. The molecule has 0 fully saturated rings. The van der Waals surface area contributed by atoms with Crippen molar-refractivity contribution >= 4 is 29.0 Å². The van der Waals surface area contributed by atoms with E-state index in [9.17, 15) is 5.11 Å². The summed E-state index contributed by atoms with van der Waals surface area (Å²) in [6.45, 7) is 3.95. The molecule has 1 aliphatic carbocycles. The van der Waals surface area contributed by atoms with Crippen LogP contribution in [0.25, 0.3) is 11.3 Å². The Labute approximate surface area is 174 Å². The molecule has 0 spiro atoms. The van der Waals surface area contributed by atoms with E-state index in [0.29, 0.717) is 28.7 Å². The third-order valence-electron chi connectivity index (χ3n) is 5.16. The Morgan fingerprint density at radius 3 is 2.68 bits per heavy atom. The topological polar surface area (TPSA) is 58.0 Å². The molecule has 1 aliphatic rings. The normalized spacial score (nSPS) is 18.2. The molecular weight excluding hydrogens is 393 g/mol. The molecule has 0 saturated heterocycles. The zero-order valence-corrected chi connectivity index (χ0v) is 17.2. The molecule has 1 heterocycles. The number of nitrogens with zero attached hydrogens (tertiary/aromatic N) is 2. The van der Waals surface area contributed by atoms with Crippen molar-refractivity contribution in [3.05, 3.63) is 75.0 Å². The van der Waals surface area contributed by atoms with E-state index < -0.39 is 6.10 Å². The fourth-order valence-corrected chi connectivity index (χ4v) is 4.23. The van der Waals surface area contributed by atoms with Crippen molar-refractivity contribution in [1.29, 1.82) is 0 Å². The number of rotatable bonds is 4. The predicted octanol–water partition coefficient (Wildman–Crippen LogP) is 5.39. The van der Waals surface area contributed by atoms with Gasteiger partial charge in [0, 0.05) is 17.0 Å². The highest BCUT2D eigenvalue weighted by Gasteiger charge is 2.31. The number of aromatic nitrogens is 2. The largest absolute Gasteiger partial charge is 0.390 e. The van der Waals surface area contributed by atoms with Crippen LogP contribution >= 0.6 is 23.2 Å². The molecule has 0 saturated carbocycles. The number of hydrogen-bond acceptors (Lipinski definition) is 4. The third kappa shape index (κ3) is 3.48. The van der Waals surface area contributed by atoms with Gasteiger partial charge in [-0.3, -0.25) is 0 Å². The van der Waals surface area contributed by atoms with Gasteiger partial charge < -0.3 is 10.4 Å². The van der Waals surface area contributed by atoms with Crippen LogP contribution in [0.5, 0.6) is 0 Å². The van der Waals surface area contributed by atoms with Gasteiger partial charge in [-0.25, -0.2) is 9.97 Å². The molecule has 2 N–H and O–H groups in total. The molecule has 2 atom stereocenters. The predicted molar refractivity (Wildman–Crippen MR) is 114 cm³/mol. The number of fused-ring (bicyclic) bond motifs is 1. The molecule has 1 aromatic heterocycles. The highest BCUT2D eigenvalue weighted by atomic mass is 35.5. The van der Waals surface area contributed by atoms with Crippen molar-refractivity contribution in [2.45, 2.75) is 38.8 Å². The van der Waals surface area contributed by atoms with Crippen molar-refractivity contribution in [2.24, 2.45) is 0 Å². The van der Waals surface area contributed by atoms with Crippen LogP contribution < -0.4 is 5.32 Å². The van der Waals surface area contributed by atoms with Crippen LogP contribution in [0.15, 0.2) is 42.5 Å². The van der Waals surface area contributed by atoms with Gasteiger partial charge in [0.15, 0.2) is 0 Å². The van der Waals surface area contributed by atoms with Crippen LogP contribution in [0.4, 0.5) is 5.82 Å². The molecule has 4 rings (SSSR count). The zero-order chi connectivity index (χ0) is 19.8. The van der Waals surface area contributed by atoms with Gasteiger partial charge in [-0.05, 0) is 42.7 Å². The molecule has 0 radical (unpaired) electrons. The minimum atomic E-state index is -0.492. The molecule has 4 nitrogen and oxygen atoms in total. The summed E-state index contributed by atoms with van der Waals surface area (Å²) >= 11 is 12.4. The first-order valence-electron chi connectivity index (χ1n) is 9.33. The fraction of sp³-hybridized carbons (Fsp3) is 0.273. The minimum Gasteiger partial charge on any atom is -0.390 e. The quantitative estimate of drug-likeness (QED) is 0.601. The Morgan fingerprint density at radius 1 is 1.14 bits per heavy atom. The minimum absolute atomic E-state index is 0.195. The summed E-state index contributed by atoms with van der Waals surface area (Å²) in [7, 11) is 0. The van der Waals surface area contributed by atoms with E-state index in [2.05, 4.69) is 17.4 Å². The summed E-state index contributed by atoms with van der Waals surface area (Å²) in [6.07, 6.45) is 0.855. The Kier molecular flexibility index (Phi) is 5.28. The van der Waals surface area contributed by atoms with E-state index in [4.69, 9.17) is 33.2 Å². The first-order valence-corrected chi connectivity index (χ1v) is 10.1. The second-order valence-corrected chi connectivity index (χ2v) is 7.87. The second kappa shape index (κ2) is 7.70. The SMILES string of the molecule is CCc1nc(NC2c3ccccc3C[C@@H]2O)c(C)nc1-c1ccc(Cl)cc1Cl. The van der Waals surface area contributed by atoms with Crippen molar-refractivity contribution < 1.29 is 5.11 Å². The van der Waals surface area contributed by atoms with Crippen molar-refractivity contribution in [2.75, 3.05) is 5.32 Å². The van der Waals surface area contributed by atoms with Crippen LogP contribution in [0.2, 0.25) is 10.0 Å². The average molecular weight is 414 g/mol. The van der Waals surface area contributed by atoms with E-state index in [1.807, 2.05) is 32.0 Å². The van der Waals surface area contributed by atoms with Gasteiger partial charge in [0.05, 0.1) is 34.3 Å². The van der Waals surface area contributed by atoms with E-state index in [-0.39, 0.29) is 6.04 Å². The number of anilines is 1. The molecule has 0 bridgehead atoms. The Morgan fingerprint density at radius 2 is 1.93 bits per heavy atom. The highest BCUT2D eigenvalue weighted by Crippen LogP contribution is 2.36. The van der Waals surface area contributed by atoms with Gasteiger partial charge in [0.25, 0.3) is 0 Å². The zero-order valence-electron chi connectivity index (χ0n) is 15.7. The van der Waals surface area contributed by atoms with E-state index in [1.165, 1.54) is 5.56 Å². The fourth-order valence-electron chi connectivity index (χ4n) is 3.73. The Bertz CT molecular complexity index is 1040. The number of nitrogens with one attached hydrogen (secondary N) is 1. The summed E-state index contributed by atoms with van der Waals surface area (Å²) in [6, 6.07) is 13.3. The number of aryl methyl sites for hydroxylation is 2. The molecule has 0 aliphatic heterocycles. The Hall–Kier alpha value is -2.14. The van der Waals surface area contributed by atoms with E-state index >= 15 is 0 Å². The summed E-state index contributed by atoms with van der Waals surface area (Å²) in [4.78, 5) is 9.62. The smallest absolute Gasteiger partial charge is 0.148 e. The number of aliphatic hydroxyl groups excluding tert-OH is 1. The molecule has 1 unspecified atom stereocenters. The number of aliphatic hydroxyl groups is 1. The van der Waals surface area contributed by atoms with E-state index in [1.54, 1.807) is 12.1 Å². The second-order valence-electron chi connectivity index (χ2n) is 7.02. The van der Waals surface area contributed by atoms with Crippen molar-refractivity contribution in [3.63, 3.8) is 0 Å². The number of hydrogen-bond donors (Lipinski definition) is 2. The van der Waals surface area contributed by atoms with Gasteiger partial charge in [-0.15, -0.1) is 0 Å². The first kappa shape index (κ1) is 19.2. The Balaban J connectivity index is 1.72. The summed E-state index contributed by atoms with van der Waals surface area (Å²) in [5.74, 6) is 0.687. The van der Waals surface area contributed by atoms with Gasteiger partial charge in [-0.2, -0.15) is 0 Å². The summed E-state index contributed by atoms with van der Waals surface area (Å²) in [5.41, 5.74) is 5.46. The lowest BCUT2D eigenvalue weighted by Gasteiger charge is -2.21. The van der Waals surface area contributed by atoms with E-state index in [0.717, 1.165) is 28.2 Å². The number of halogens is 2. The van der Waals surface area contributed by atoms with Crippen molar-refractivity contribution in [3.8, 4) is 11.3 Å². The molecule has 28 heavy (non-hydrogen) atoms. The lowest BCUT2D eigenvalue weighted by molar-refractivity contribution is 0.165. The lowest BCUT2D eigenvalue weighted by Crippen LogP contribution is -2.22. The van der Waals surface area contributed by atoms with Crippen molar-refractivity contribution in [1.82, 2.24) is 9.97 Å².